The highest BCUT2D eigenvalue weighted by atomic mass is 16.4. The van der Waals surface area contributed by atoms with Crippen molar-refractivity contribution >= 4 is 11.7 Å². The average molecular weight is 315 g/mol. The Hall–Kier alpha value is -1.51. The number of carboxylic acid groups (broad SMARTS) is 1. The zero-order chi connectivity index (χ0) is 17.0. The summed E-state index contributed by atoms with van der Waals surface area (Å²) in [5.41, 5.74) is 10.6. The first-order chi connectivity index (χ1) is 10.7. The number of hydrogen-bond acceptors (Lipinski definition) is 2. The number of aliphatic carboxylic acids is 1. The molecule has 3 rings (SSSR count). The lowest BCUT2D eigenvalue weighted by atomic mass is 9.49. The van der Waals surface area contributed by atoms with E-state index in [4.69, 9.17) is 5.73 Å². The summed E-state index contributed by atoms with van der Waals surface area (Å²) in [6.07, 6.45) is 4.66. The molecule has 3 heteroatoms. The third-order valence-electron chi connectivity index (χ3n) is 6.73. The highest BCUT2D eigenvalue weighted by Gasteiger charge is 2.55. The molecule has 0 spiro atoms. The molecule has 2 aliphatic carbocycles. The van der Waals surface area contributed by atoms with Gasteiger partial charge in [0.15, 0.2) is 0 Å². The lowest BCUT2D eigenvalue weighted by molar-refractivity contribution is -0.157. The summed E-state index contributed by atoms with van der Waals surface area (Å²) in [5, 5.41) is 9.85. The smallest absolute Gasteiger partial charge is 0.309 e. The van der Waals surface area contributed by atoms with Crippen molar-refractivity contribution in [2.45, 2.75) is 71.1 Å². The van der Waals surface area contributed by atoms with E-state index in [1.165, 1.54) is 16.7 Å². The molecule has 0 unspecified atom stereocenters. The van der Waals surface area contributed by atoms with E-state index in [0.717, 1.165) is 37.8 Å². The summed E-state index contributed by atoms with van der Waals surface area (Å²) in [6.45, 7) is 8.57. The fourth-order valence-corrected chi connectivity index (χ4v) is 5.37. The molecular formula is C20H29NO2. The third-order valence-corrected chi connectivity index (χ3v) is 6.73. The summed E-state index contributed by atoms with van der Waals surface area (Å²) in [4.78, 5) is 12.0. The number of carbonyl (C=O) groups is 1. The molecule has 1 aromatic rings. The summed E-state index contributed by atoms with van der Waals surface area (Å²) < 4.78 is 0. The van der Waals surface area contributed by atoms with Gasteiger partial charge in [-0.3, -0.25) is 4.79 Å². The molecule has 2 aliphatic rings. The second kappa shape index (κ2) is 5.25. The van der Waals surface area contributed by atoms with E-state index < -0.39 is 11.4 Å². The van der Waals surface area contributed by atoms with Crippen LogP contribution in [0.1, 0.15) is 76.0 Å². The molecular weight excluding hydrogens is 286 g/mol. The molecule has 0 heterocycles. The first-order valence-corrected chi connectivity index (χ1v) is 8.87. The number of hydrogen-bond donors (Lipinski definition) is 2. The van der Waals surface area contributed by atoms with Crippen molar-refractivity contribution in [3.05, 3.63) is 28.8 Å². The lowest BCUT2D eigenvalue weighted by Gasteiger charge is -2.53. The summed E-state index contributed by atoms with van der Waals surface area (Å²) in [5.74, 6) is -0.0248. The van der Waals surface area contributed by atoms with Gasteiger partial charge in [-0.2, -0.15) is 0 Å². The fraction of sp³-hybridized carbons (Fsp3) is 0.650. The summed E-state index contributed by atoms with van der Waals surface area (Å²) >= 11 is 0. The maximum Gasteiger partial charge on any atom is 0.309 e. The molecule has 0 bridgehead atoms. The number of nitrogens with two attached hydrogens (primary N) is 1. The summed E-state index contributed by atoms with van der Waals surface area (Å²) in [7, 11) is 0. The minimum absolute atomic E-state index is 0.0669. The SMILES string of the molecule is CC(C)c1ccc2c(c1N)CC[C@H]1[C@](C)(C(=O)O)CCC[C@]21C. The van der Waals surface area contributed by atoms with Gasteiger partial charge in [0.25, 0.3) is 0 Å². The van der Waals surface area contributed by atoms with E-state index in [1.807, 2.05) is 6.92 Å². The van der Waals surface area contributed by atoms with Crippen molar-refractivity contribution in [3.8, 4) is 0 Å². The van der Waals surface area contributed by atoms with E-state index >= 15 is 0 Å². The van der Waals surface area contributed by atoms with Crippen molar-refractivity contribution in [1.82, 2.24) is 0 Å². The van der Waals surface area contributed by atoms with Gasteiger partial charge in [-0.05, 0) is 66.5 Å². The van der Waals surface area contributed by atoms with Gasteiger partial charge >= 0.3 is 5.97 Å². The molecule has 0 amide bonds. The minimum atomic E-state index is -0.636. The van der Waals surface area contributed by atoms with Crippen molar-refractivity contribution in [3.63, 3.8) is 0 Å². The van der Waals surface area contributed by atoms with Gasteiger partial charge in [0.2, 0.25) is 0 Å². The summed E-state index contributed by atoms with van der Waals surface area (Å²) in [6, 6.07) is 4.40. The minimum Gasteiger partial charge on any atom is -0.481 e. The Morgan fingerprint density at radius 1 is 1.30 bits per heavy atom. The van der Waals surface area contributed by atoms with Crippen LogP contribution < -0.4 is 5.73 Å². The van der Waals surface area contributed by atoms with Crippen molar-refractivity contribution < 1.29 is 9.90 Å². The van der Waals surface area contributed by atoms with Gasteiger partial charge in [0, 0.05) is 5.69 Å². The van der Waals surface area contributed by atoms with Crippen LogP contribution in [-0.2, 0) is 16.6 Å². The first-order valence-electron chi connectivity index (χ1n) is 8.87. The van der Waals surface area contributed by atoms with Crippen molar-refractivity contribution in [1.29, 1.82) is 0 Å². The van der Waals surface area contributed by atoms with E-state index in [0.29, 0.717) is 5.92 Å². The maximum atomic E-state index is 12.0. The Labute approximate surface area is 139 Å². The van der Waals surface area contributed by atoms with E-state index in [9.17, 15) is 9.90 Å². The molecule has 1 saturated carbocycles. The van der Waals surface area contributed by atoms with Crippen LogP contribution in [0.5, 0.6) is 0 Å². The Kier molecular flexibility index (Phi) is 3.74. The van der Waals surface area contributed by atoms with Crippen LogP contribution in [0.2, 0.25) is 0 Å². The van der Waals surface area contributed by atoms with Gasteiger partial charge in [-0.1, -0.05) is 39.3 Å². The molecule has 1 aromatic carbocycles. The number of carboxylic acids is 1. The van der Waals surface area contributed by atoms with Gasteiger partial charge in [-0.15, -0.1) is 0 Å². The Morgan fingerprint density at radius 2 is 2.00 bits per heavy atom. The zero-order valence-electron chi connectivity index (χ0n) is 14.8. The molecule has 23 heavy (non-hydrogen) atoms. The van der Waals surface area contributed by atoms with Crippen LogP contribution in [0, 0.1) is 11.3 Å². The molecule has 3 N–H and O–H groups in total. The average Bonchev–Trinajstić information content (AvgIpc) is 2.47. The van der Waals surface area contributed by atoms with Gasteiger partial charge < -0.3 is 10.8 Å². The Balaban J connectivity index is 2.14. The van der Waals surface area contributed by atoms with E-state index in [2.05, 4.69) is 32.9 Å². The van der Waals surface area contributed by atoms with Gasteiger partial charge in [0.05, 0.1) is 5.41 Å². The number of fused-ring (bicyclic) bond motifs is 3. The monoisotopic (exact) mass is 315 g/mol. The van der Waals surface area contributed by atoms with Gasteiger partial charge in [-0.25, -0.2) is 0 Å². The molecule has 126 valence electrons. The number of benzene rings is 1. The second-order valence-corrected chi connectivity index (χ2v) is 8.33. The molecule has 0 radical (unpaired) electrons. The highest BCUT2D eigenvalue weighted by Crippen LogP contribution is 2.58. The Morgan fingerprint density at radius 3 is 2.61 bits per heavy atom. The van der Waals surface area contributed by atoms with Crippen LogP contribution >= 0.6 is 0 Å². The normalized spacial score (nSPS) is 33.2. The van der Waals surface area contributed by atoms with Crippen LogP contribution in [0.15, 0.2) is 12.1 Å². The standard InChI is InChI=1S/C20H29NO2/c1-12(2)13-6-8-15-14(17(13)21)7-9-16-19(15,3)10-5-11-20(16,4)18(22)23/h6,8,12,16H,5,7,9-11,21H2,1-4H3,(H,22,23)/t16-,19-,20-/m1/s1. The predicted molar refractivity (Wildman–Crippen MR) is 93.7 cm³/mol. The van der Waals surface area contributed by atoms with Crippen LogP contribution in [-0.4, -0.2) is 11.1 Å². The van der Waals surface area contributed by atoms with Crippen LogP contribution in [0.25, 0.3) is 0 Å². The topological polar surface area (TPSA) is 63.3 Å². The first kappa shape index (κ1) is 16.4. The number of anilines is 1. The molecule has 3 atom stereocenters. The lowest BCUT2D eigenvalue weighted by Crippen LogP contribution is -2.52. The molecule has 0 aliphatic heterocycles. The quantitative estimate of drug-likeness (QED) is 0.791. The fourth-order valence-electron chi connectivity index (χ4n) is 5.37. The predicted octanol–water partition coefficient (Wildman–Crippen LogP) is 4.49. The number of nitrogen functional groups attached to an aromatic ring is 1. The third kappa shape index (κ3) is 2.20. The van der Waals surface area contributed by atoms with E-state index in [-0.39, 0.29) is 11.3 Å². The van der Waals surface area contributed by atoms with E-state index in [1.54, 1.807) is 0 Å². The molecule has 1 fully saturated rings. The molecule has 3 nitrogen and oxygen atoms in total. The van der Waals surface area contributed by atoms with Crippen LogP contribution in [0.4, 0.5) is 5.69 Å². The molecule has 0 saturated heterocycles. The van der Waals surface area contributed by atoms with Crippen LogP contribution in [0.3, 0.4) is 0 Å². The van der Waals surface area contributed by atoms with Crippen molar-refractivity contribution in [2.24, 2.45) is 11.3 Å². The number of rotatable bonds is 2. The maximum absolute atomic E-state index is 12.0. The second-order valence-electron chi connectivity index (χ2n) is 8.33. The van der Waals surface area contributed by atoms with Gasteiger partial charge in [0.1, 0.15) is 0 Å². The Bertz CT molecular complexity index is 651. The largest absolute Gasteiger partial charge is 0.481 e. The molecule has 0 aromatic heterocycles. The highest BCUT2D eigenvalue weighted by molar-refractivity contribution is 5.75. The zero-order valence-corrected chi connectivity index (χ0v) is 14.8. The van der Waals surface area contributed by atoms with Crippen molar-refractivity contribution in [2.75, 3.05) is 5.73 Å².